The third kappa shape index (κ3) is 4.56. The van der Waals surface area contributed by atoms with E-state index in [1.807, 2.05) is 0 Å². The molecule has 162 valence electrons. The maximum Gasteiger partial charge on any atom is 0.255 e. The molecule has 8 nitrogen and oxygen atoms in total. The highest BCUT2D eigenvalue weighted by Crippen LogP contribution is 2.32. The maximum atomic E-state index is 13.2. The van der Waals surface area contributed by atoms with Gasteiger partial charge >= 0.3 is 0 Å². The van der Waals surface area contributed by atoms with Gasteiger partial charge in [-0.15, -0.1) is 0 Å². The molecule has 2 heterocycles. The zero-order valence-corrected chi connectivity index (χ0v) is 17.2. The van der Waals surface area contributed by atoms with E-state index in [0.717, 1.165) is 6.07 Å². The fraction of sp³-hybridized carbons (Fsp3) is 0.286. The van der Waals surface area contributed by atoms with Crippen LogP contribution in [0.1, 0.15) is 20.7 Å². The number of amides is 3. The van der Waals surface area contributed by atoms with Crippen molar-refractivity contribution in [3.05, 3.63) is 58.4 Å². The smallest absolute Gasteiger partial charge is 0.255 e. The first-order chi connectivity index (χ1) is 14.9. The molecule has 2 aromatic carbocycles. The second-order valence-electron chi connectivity index (χ2n) is 7.05. The van der Waals surface area contributed by atoms with Crippen LogP contribution in [0, 0.1) is 5.82 Å². The molecule has 1 fully saturated rings. The lowest BCUT2D eigenvalue weighted by Crippen LogP contribution is -2.52. The summed E-state index contributed by atoms with van der Waals surface area (Å²) in [6.45, 7) is 1.22. The van der Waals surface area contributed by atoms with Crippen molar-refractivity contribution < 1.29 is 28.2 Å². The van der Waals surface area contributed by atoms with Gasteiger partial charge in [0, 0.05) is 31.7 Å². The van der Waals surface area contributed by atoms with Crippen LogP contribution < -0.4 is 14.8 Å². The Balaban J connectivity index is 1.27. The summed E-state index contributed by atoms with van der Waals surface area (Å²) in [5.41, 5.74) is 0.586. The number of rotatable bonds is 4. The van der Waals surface area contributed by atoms with Crippen LogP contribution in [0.15, 0.2) is 36.4 Å². The lowest BCUT2D eigenvalue weighted by molar-refractivity contribution is -0.131. The number of nitrogens with one attached hydrogen (secondary N) is 1. The number of hydrogen-bond donors (Lipinski definition) is 1. The third-order valence-electron chi connectivity index (χ3n) is 5.12. The predicted molar refractivity (Wildman–Crippen MR) is 109 cm³/mol. The Morgan fingerprint density at radius 3 is 2.42 bits per heavy atom. The summed E-state index contributed by atoms with van der Waals surface area (Å²) in [5.74, 6) is -0.414. The van der Waals surface area contributed by atoms with Crippen LogP contribution in [0.5, 0.6) is 11.5 Å². The van der Waals surface area contributed by atoms with Gasteiger partial charge < -0.3 is 24.6 Å². The van der Waals surface area contributed by atoms with E-state index in [1.54, 1.807) is 28.0 Å². The average Bonchev–Trinajstić information content (AvgIpc) is 3.25. The molecule has 0 atom stereocenters. The van der Waals surface area contributed by atoms with Crippen LogP contribution in [-0.2, 0) is 4.79 Å². The highest BCUT2D eigenvalue weighted by Gasteiger charge is 2.26. The van der Waals surface area contributed by atoms with Gasteiger partial charge in [-0.05, 0) is 36.4 Å². The molecule has 31 heavy (non-hydrogen) atoms. The van der Waals surface area contributed by atoms with Crippen LogP contribution in [0.4, 0.5) is 4.39 Å². The first-order valence-corrected chi connectivity index (χ1v) is 10.00. The van der Waals surface area contributed by atoms with Crippen LogP contribution in [0.2, 0.25) is 5.02 Å². The lowest BCUT2D eigenvalue weighted by Gasteiger charge is -2.35. The zero-order chi connectivity index (χ0) is 22.0. The van der Waals surface area contributed by atoms with E-state index in [9.17, 15) is 18.8 Å². The van der Waals surface area contributed by atoms with Gasteiger partial charge in [0.25, 0.3) is 11.8 Å². The molecule has 0 aromatic heterocycles. The number of carbonyl (C=O) groups is 3. The average molecular weight is 448 g/mol. The summed E-state index contributed by atoms with van der Waals surface area (Å²) in [6.07, 6.45) is 0. The fourth-order valence-electron chi connectivity index (χ4n) is 3.40. The van der Waals surface area contributed by atoms with Crippen molar-refractivity contribution in [2.45, 2.75) is 0 Å². The van der Waals surface area contributed by atoms with Crippen molar-refractivity contribution in [1.82, 2.24) is 15.1 Å². The summed E-state index contributed by atoms with van der Waals surface area (Å²) < 4.78 is 23.7. The van der Waals surface area contributed by atoms with Gasteiger partial charge in [0.05, 0.1) is 17.1 Å². The number of ether oxygens (including phenoxy) is 2. The van der Waals surface area contributed by atoms with Gasteiger partial charge in [-0.2, -0.15) is 0 Å². The van der Waals surface area contributed by atoms with E-state index in [-0.39, 0.29) is 35.7 Å². The normalized spacial score (nSPS) is 15.0. The second-order valence-corrected chi connectivity index (χ2v) is 7.46. The molecule has 10 heteroatoms. The molecule has 2 aromatic rings. The molecule has 2 aliphatic rings. The van der Waals surface area contributed by atoms with Crippen molar-refractivity contribution in [3.8, 4) is 11.5 Å². The number of nitrogens with zero attached hydrogens (tertiary/aromatic N) is 2. The van der Waals surface area contributed by atoms with E-state index < -0.39 is 11.7 Å². The van der Waals surface area contributed by atoms with Gasteiger partial charge in [0.1, 0.15) is 5.82 Å². The van der Waals surface area contributed by atoms with E-state index in [4.69, 9.17) is 21.1 Å². The number of carbonyl (C=O) groups excluding carboxylic acids is 3. The molecule has 2 aliphatic heterocycles. The van der Waals surface area contributed by atoms with Crippen molar-refractivity contribution >= 4 is 29.3 Å². The Morgan fingerprint density at radius 2 is 1.68 bits per heavy atom. The number of benzene rings is 2. The molecule has 0 radical (unpaired) electrons. The van der Waals surface area contributed by atoms with Crippen molar-refractivity contribution in [1.29, 1.82) is 0 Å². The van der Waals surface area contributed by atoms with Gasteiger partial charge in [-0.25, -0.2) is 4.39 Å². The lowest BCUT2D eigenvalue weighted by atomic mass is 10.1. The maximum absolute atomic E-state index is 13.2. The number of fused-ring (bicyclic) bond motifs is 1. The Kier molecular flexibility index (Phi) is 5.94. The number of halogens is 2. The molecule has 0 spiro atoms. The highest BCUT2D eigenvalue weighted by molar-refractivity contribution is 6.33. The number of piperazine rings is 1. The minimum Gasteiger partial charge on any atom is -0.454 e. The van der Waals surface area contributed by atoms with Crippen molar-refractivity contribution in [2.24, 2.45) is 0 Å². The summed E-state index contributed by atoms with van der Waals surface area (Å²) in [6, 6.07) is 8.43. The van der Waals surface area contributed by atoms with Crippen LogP contribution >= 0.6 is 11.6 Å². The Bertz CT molecular complexity index is 1040. The topological polar surface area (TPSA) is 88.2 Å². The molecule has 0 unspecified atom stereocenters. The predicted octanol–water partition coefficient (Wildman–Crippen LogP) is 1.92. The summed E-state index contributed by atoms with van der Waals surface area (Å²) in [7, 11) is 0. The van der Waals surface area contributed by atoms with Gasteiger partial charge in [-0.3, -0.25) is 14.4 Å². The van der Waals surface area contributed by atoms with E-state index in [1.165, 1.54) is 12.1 Å². The quantitative estimate of drug-likeness (QED) is 0.773. The standard InChI is InChI=1S/C21H19ClFN3O5/c22-16-10-14(23)2-3-15(16)21(29)26-7-5-25(6-8-26)19(27)11-24-20(28)13-1-4-17-18(9-13)31-12-30-17/h1-4,9-10H,5-8,11-12H2,(H,24,28). The molecular weight excluding hydrogens is 429 g/mol. The molecule has 0 aliphatic carbocycles. The van der Waals surface area contributed by atoms with Crippen LogP contribution in [-0.4, -0.2) is 67.0 Å². The molecule has 1 saturated heterocycles. The Labute approximate surface area is 182 Å². The summed E-state index contributed by atoms with van der Waals surface area (Å²) in [5, 5.41) is 2.65. The second kappa shape index (κ2) is 8.81. The van der Waals surface area contributed by atoms with Gasteiger partial charge in [-0.1, -0.05) is 11.6 Å². The first kappa shape index (κ1) is 20.9. The van der Waals surface area contributed by atoms with E-state index in [2.05, 4.69) is 5.32 Å². The minimum atomic E-state index is -0.514. The van der Waals surface area contributed by atoms with Crippen LogP contribution in [0.3, 0.4) is 0 Å². The first-order valence-electron chi connectivity index (χ1n) is 9.62. The third-order valence-corrected chi connectivity index (χ3v) is 5.43. The summed E-state index contributed by atoms with van der Waals surface area (Å²) >= 11 is 5.97. The molecule has 4 rings (SSSR count). The van der Waals surface area contributed by atoms with E-state index in [0.29, 0.717) is 43.2 Å². The van der Waals surface area contributed by atoms with Gasteiger partial charge in [0.15, 0.2) is 11.5 Å². The highest BCUT2D eigenvalue weighted by atomic mass is 35.5. The van der Waals surface area contributed by atoms with Gasteiger partial charge in [0.2, 0.25) is 12.7 Å². The number of hydrogen-bond acceptors (Lipinski definition) is 5. The van der Waals surface area contributed by atoms with Crippen molar-refractivity contribution in [2.75, 3.05) is 39.5 Å². The minimum absolute atomic E-state index is 0.0507. The summed E-state index contributed by atoms with van der Waals surface area (Å²) in [4.78, 5) is 40.5. The monoisotopic (exact) mass is 447 g/mol. The zero-order valence-electron chi connectivity index (χ0n) is 16.4. The Hall–Kier alpha value is -3.33. The molecule has 0 saturated carbocycles. The SMILES string of the molecule is O=C(NCC(=O)N1CCN(C(=O)c2ccc(F)cc2Cl)CC1)c1ccc2c(c1)OCO2. The Morgan fingerprint density at radius 1 is 0.968 bits per heavy atom. The molecule has 1 N–H and O–H groups in total. The van der Waals surface area contributed by atoms with Crippen molar-refractivity contribution in [3.63, 3.8) is 0 Å². The fourth-order valence-corrected chi connectivity index (χ4v) is 3.65. The van der Waals surface area contributed by atoms with Crippen LogP contribution in [0.25, 0.3) is 0 Å². The van der Waals surface area contributed by atoms with E-state index >= 15 is 0 Å². The molecule has 0 bridgehead atoms. The molecular formula is C21H19ClFN3O5. The molecule has 3 amide bonds. The largest absolute Gasteiger partial charge is 0.454 e.